The summed E-state index contributed by atoms with van der Waals surface area (Å²) in [6, 6.07) is 6.23. The Kier molecular flexibility index (Phi) is 5.29. The molecule has 0 aliphatic rings. The van der Waals surface area contributed by atoms with Crippen molar-refractivity contribution in [3.05, 3.63) is 35.6 Å². The molecule has 0 aliphatic carbocycles. The summed E-state index contributed by atoms with van der Waals surface area (Å²) in [6.07, 6.45) is 1.76. The van der Waals surface area contributed by atoms with Crippen LogP contribution in [0.4, 0.5) is 4.39 Å². The van der Waals surface area contributed by atoms with Gasteiger partial charge in [-0.15, -0.1) is 0 Å². The van der Waals surface area contributed by atoms with E-state index in [1.54, 1.807) is 19.2 Å². The molecule has 3 heteroatoms. The van der Waals surface area contributed by atoms with Gasteiger partial charge in [-0.25, -0.2) is 4.39 Å². The number of methoxy groups -OCH3 is 1. The quantitative estimate of drug-likeness (QED) is 0.732. The molecule has 0 spiro atoms. The molecule has 15 heavy (non-hydrogen) atoms. The van der Waals surface area contributed by atoms with Gasteiger partial charge in [0.15, 0.2) is 0 Å². The normalized spacial score (nSPS) is 12.7. The molecule has 0 aliphatic heterocycles. The number of hydrogen-bond acceptors (Lipinski definition) is 2. The SMILES string of the molecule is COCCCC(O)Cc1ccc(F)cc1. The van der Waals surface area contributed by atoms with Crippen molar-refractivity contribution >= 4 is 0 Å². The first-order chi connectivity index (χ1) is 7.22. The molecule has 1 aromatic carbocycles. The van der Waals surface area contributed by atoms with E-state index in [0.29, 0.717) is 19.4 Å². The average molecular weight is 212 g/mol. The maximum atomic E-state index is 12.6. The number of hydrogen-bond donors (Lipinski definition) is 1. The lowest BCUT2D eigenvalue weighted by molar-refractivity contribution is 0.135. The Morgan fingerprint density at radius 2 is 2.00 bits per heavy atom. The minimum atomic E-state index is -0.370. The van der Waals surface area contributed by atoms with Gasteiger partial charge in [0.1, 0.15) is 5.82 Å². The Labute approximate surface area is 89.7 Å². The number of aliphatic hydroxyl groups excluding tert-OH is 1. The van der Waals surface area contributed by atoms with E-state index in [4.69, 9.17) is 4.74 Å². The summed E-state index contributed by atoms with van der Waals surface area (Å²) >= 11 is 0. The molecule has 1 rings (SSSR count). The molecular formula is C12H17FO2. The van der Waals surface area contributed by atoms with Crippen molar-refractivity contribution < 1.29 is 14.2 Å². The highest BCUT2D eigenvalue weighted by Crippen LogP contribution is 2.08. The molecule has 0 bridgehead atoms. The Morgan fingerprint density at radius 1 is 1.33 bits per heavy atom. The molecule has 1 aromatic rings. The number of benzene rings is 1. The fourth-order valence-electron chi connectivity index (χ4n) is 1.46. The number of halogens is 1. The van der Waals surface area contributed by atoms with Crippen LogP contribution in [0.25, 0.3) is 0 Å². The molecule has 0 heterocycles. The smallest absolute Gasteiger partial charge is 0.123 e. The summed E-state index contributed by atoms with van der Waals surface area (Å²) in [4.78, 5) is 0. The lowest BCUT2D eigenvalue weighted by atomic mass is 10.0. The van der Waals surface area contributed by atoms with Crippen molar-refractivity contribution in [3.8, 4) is 0 Å². The van der Waals surface area contributed by atoms with Crippen LogP contribution in [0.1, 0.15) is 18.4 Å². The van der Waals surface area contributed by atoms with E-state index < -0.39 is 0 Å². The maximum absolute atomic E-state index is 12.6. The van der Waals surface area contributed by atoms with Crippen LogP contribution in [0.5, 0.6) is 0 Å². The third kappa shape index (κ3) is 4.91. The van der Waals surface area contributed by atoms with Gasteiger partial charge in [0.2, 0.25) is 0 Å². The Bertz CT molecular complexity index is 271. The zero-order valence-corrected chi connectivity index (χ0v) is 8.95. The fraction of sp³-hybridized carbons (Fsp3) is 0.500. The minimum absolute atomic E-state index is 0.243. The van der Waals surface area contributed by atoms with Crippen molar-refractivity contribution in [3.63, 3.8) is 0 Å². The highest BCUT2D eigenvalue weighted by molar-refractivity contribution is 5.16. The molecule has 1 atom stereocenters. The molecule has 0 fully saturated rings. The van der Waals surface area contributed by atoms with Crippen LogP contribution in [-0.2, 0) is 11.2 Å². The maximum Gasteiger partial charge on any atom is 0.123 e. The predicted molar refractivity (Wildman–Crippen MR) is 57.2 cm³/mol. The Hall–Kier alpha value is -0.930. The van der Waals surface area contributed by atoms with Gasteiger partial charge in [-0.1, -0.05) is 12.1 Å². The summed E-state index contributed by atoms with van der Waals surface area (Å²) in [5, 5.41) is 9.65. The molecule has 0 saturated carbocycles. The standard InChI is InChI=1S/C12H17FO2/c1-15-8-2-3-12(14)9-10-4-6-11(13)7-5-10/h4-7,12,14H,2-3,8-9H2,1H3. The molecule has 0 aromatic heterocycles. The largest absolute Gasteiger partial charge is 0.393 e. The van der Waals surface area contributed by atoms with Gasteiger partial charge < -0.3 is 9.84 Å². The van der Waals surface area contributed by atoms with Gasteiger partial charge in [0.25, 0.3) is 0 Å². The average Bonchev–Trinajstić information content (AvgIpc) is 2.22. The third-order valence-electron chi connectivity index (χ3n) is 2.27. The van der Waals surface area contributed by atoms with E-state index in [1.807, 2.05) is 0 Å². The molecule has 0 amide bonds. The van der Waals surface area contributed by atoms with E-state index in [0.717, 1.165) is 12.0 Å². The predicted octanol–water partition coefficient (Wildman–Crippen LogP) is 2.16. The van der Waals surface area contributed by atoms with E-state index >= 15 is 0 Å². The van der Waals surface area contributed by atoms with Crippen LogP contribution >= 0.6 is 0 Å². The second-order valence-electron chi connectivity index (χ2n) is 3.62. The minimum Gasteiger partial charge on any atom is -0.393 e. The molecular weight excluding hydrogens is 195 g/mol. The zero-order valence-electron chi connectivity index (χ0n) is 8.95. The summed E-state index contributed by atoms with van der Waals surface area (Å²) in [5.74, 6) is -0.243. The molecule has 0 radical (unpaired) electrons. The van der Waals surface area contributed by atoms with Gasteiger partial charge >= 0.3 is 0 Å². The molecule has 1 unspecified atom stereocenters. The molecule has 0 saturated heterocycles. The molecule has 2 nitrogen and oxygen atoms in total. The summed E-state index contributed by atoms with van der Waals surface area (Å²) < 4.78 is 17.5. The van der Waals surface area contributed by atoms with Crippen molar-refractivity contribution in [2.45, 2.75) is 25.4 Å². The highest BCUT2D eigenvalue weighted by Gasteiger charge is 2.05. The first kappa shape index (κ1) is 12.1. The van der Waals surface area contributed by atoms with Crippen LogP contribution in [-0.4, -0.2) is 24.9 Å². The summed E-state index contributed by atoms with van der Waals surface area (Å²) in [5.41, 5.74) is 0.960. The van der Waals surface area contributed by atoms with Gasteiger partial charge in [-0.2, -0.15) is 0 Å². The van der Waals surface area contributed by atoms with Crippen LogP contribution in [0.2, 0.25) is 0 Å². The Balaban J connectivity index is 2.31. The van der Waals surface area contributed by atoms with E-state index in [2.05, 4.69) is 0 Å². The van der Waals surface area contributed by atoms with Crippen molar-refractivity contribution in [2.24, 2.45) is 0 Å². The van der Waals surface area contributed by atoms with Gasteiger partial charge in [-0.05, 0) is 37.0 Å². The topological polar surface area (TPSA) is 29.5 Å². The van der Waals surface area contributed by atoms with Crippen LogP contribution < -0.4 is 0 Å². The summed E-state index contributed by atoms with van der Waals surface area (Å²) in [6.45, 7) is 0.667. The zero-order chi connectivity index (χ0) is 11.1. The fourth-order valence-corrected chi connectivity index (χ4v) is 1.46. The Morgan fingerprint density at radius 3 is 2.60 bits per heavy atom. The summed E-state index contributed by atoms with van der Waals surface area (Å²) in [7, 11) is 1.65. The number of rotatable bonds is 6. The van der Waals surface area contributed by atoms with Crippen LogP contribution in [0.3, 0.4) is 0 Å². The van der Waals surface area contributed by atoms with Gasteiger partial charge in [0, 0.05) is 13.7 Å². The first-order valence-corrected chi connectivity index (χ1v) is 5.14. The lowest BCUT2D eigenvalue weighted by Gasteiger charge is -2.09. The van der Waals surface area contributed by atoms with Crippen molar-refractivity contribution in [2.75, 3.05) is 13.7 Å². The highest BCUT2D eigenvalue weighted by atomic mass is 19.1. The van der Waals surface area contributed by atoms with Crippen molar-refractivity contribution in [1.29, 1.82) is 0 Å². The van der Waals surface area contributed by atoms with E-state index in [-0.39, 0.29) is 11.9 Å². The van der Waals surface area contributed by atoms with Crippen molar-refractivity contribution in [1.82, 2.24) is 0 Å². The van der Waals surface area contributed by atoms with E-state index in [1.165, 1.54) is 12.1 Å². The number of aliphatic hydroxyl groups is 1. The molecule has 84 valence electrons. The van der Waals surface area contributed by atoms with Crippen LogP contribution in [0.15, 0.2) is 24.3 Å². The van der Waals surface area contributed by atoms with Gasteiger partial charge in [-0.3, -0.25) is 0 Å². The lowest BCUT2D eigenvalue weighted by Crippen LogP contribution is -2.11. The van der Waals surface area contributed by atoms with Crippen LogP contribution in [0, 0.1) is 5.82 Å². The second kappa shape index (κ2) is 6.53. The number of ether oxygens (including phenoxy) is 1. The first-order valence-electron chi connectivity index (χ1n) is 5.14. The van der Waals surface area contributed by atoms with E-state index in [9.17, 15) is 9.50 Å². The second-order valence-corrected chi connectivity index (χ2v) is 3.62. The molecule has 1 N–H and O–H groups in total. The van der Waals surface area contributed by atoms with Gasteiger partial charge in [0.05, 0.1) is 6.10 Å². The third-order valence-corrected chi connectivity index (χ3v) is 2.27. The monoisotopic (exact) mass is 212 g/mol.